The Labute approximate surface area is 83.6 Å². The van der Waals surface area contributed by atoms with E-state index in [0.29, 0.717) is 6.08 Å². The summed E-state index contributed by atoms with van der Waals surface area (Å²) >= 11 is 0. The molecule has 0 aliphatic heterocycles. The predicted molar refractivity (Wildman–Crippen MR) is 43.6 cm³/mol. The molecule has 1 saturated carbocycles. The Balaban J connectivity index is 2.83. The second-order valence-electron chi connectivity index (χ2n) is 4.18. The molecule has 1 fully saturated rings. The molecule has 0 amide bonds. The van der Waals surface area contributed by atoms with Crippen LogP contribution in [-0.4, -0.2) is 17.3 Å². The summed E-state index contributed by atoms with van der Waals surface area (Å²) in [5.74, 6) is -5.25. The standard InChI is InChI=1S/C9H10F4O2/c1-8(2)4(6(8)7(14)15)3-5(10)9(11,12)13/h3-4,6H,1-2H3,(H,14,15)/b5-3-/t4-,6-/m1/s1. The monoisotopic (exact) mass is 226 g/mol. The van der Waals surface area contributed by atoms with Gasteiger partial charge in [0.05, 0.1) is 5.92 Å². The van der Waals surface area contributed by atoms with E-state index in [1.54, 1.807) is 0 Å². The van der Waals surface area contributed by atoms with Gasteiger partial charge in [-0.25, -0.2) is 4.39 Å². The van der Waals surface area contributed by atoms with E-state index in [9.17, 15) is 22.4 Å². The molecule has 1 rings (SSSR count). The van der Waals surface area contributed by atoms with Crippen molar-refractivity contribution in [2.75, 3.05) is 0 Å². The Bertz CT molecular complexity index is 317. The van der Waals surface area contributed by atoms with E-state index in [2.05, 4.69) is 0 Å². The Morgan fingerprint density at radius 2 is 1.87 bits per heavy atom. The van der Waals surface area contributed by atoms with Crippen molar-refractivity contribution >= 4 is 5.97 Å². The lowest BCUT2D eigenvalue weighted by Crippen LogP contribution is -2.08. The van der Waals surface area contributed by atoms with Gasteiger partial charge in [0, 0.05) is 0 Å². The fourth-order valence-corrected chi connectivity index (χ4v) is 1.71. The first-order valence-corrected chi connectivity index (χ1v) is 4.26. The summed E-state index contributed by atoms with van der Waals surface area (Å²) in [6, 6.07) is 0. The second-order valence-corrected chi connectivity index (χ2v) is 4.18. The third-order valence-electron chi connectivity index (χ3n) is 2.77. The van der Waals surface area contributed by atoms with Gasteiger partial charge in [-0.2, -0.15) is 13.2 Å². The number of alkyl halides is 3. The van der Waals surface area contributed by atoms with Gasteiger partial charge in [-0.3, -0.25) is 4.79 Å². The highest BCUT2D eigenvalue weighted by atomic mass is 19.4. The number of hydrogen-bond acceptors (Lipinski definition) is 1. The van der Waals surface area contributed by atoms with E-state index in [-0.39, 0.29) is 0 Å². The first kappa shape index (κ1) is 12.0. The van der Waals surface area contributed by atoms with E-state index >= 15 is 0 Å². The molecule has 2 nitrogen and oxygen atoms in total. The first-order valence-electron chi connectivity index (χ1n) is 4.26. The minimum absolute atomic E-state index is 0.360. The van der Waals surface area contributed by atoms with E-state index in [0.717, 1.165) is 0 Å². The number of carbonyl (C=O) groups is 1. The topological polar surface area (TPSA) is 37.3 Å². The van der Waals surface area contributed by atoms with Gasteiger partial charge < -0.3 is 5.11 Å². The SMILES string of the molecule is CC1(C)[C@H](/C=C(\F)C(F)(F)F)[C@@H]1C(=O)O. The van der Waals surface area contributed by atoms with Crippen LogP contribution in [0.2, 0.25) is 0 Å². The van der Waals surface area contributed by atoms with Gasteiger partial charge >= 0.3 is 12.1 Å². The fraction of sp³-hybridized carbons (Fsp3) is 0.667. The molecule has 1 aliphatic carbocycles. The molecule has 0 aromatic carbocycles. The zero-order chi connectivity index (χ0) is 12.0. The van der Waals surface area contributed by atoms with E-state index in [1.807, 2.05) is 0 Å². The highest BCUT2D eigenvalue weighted by Crippen LogP contribution is 2.59. The summed E-state index contributed by atoms with van der Waals surface area (Å²) in [4.78, 5) is 10.6. The van der Waals surface area contributed by atoms with Crippen molar-refractivity contribution in [2.45, 2.75) is 20.0 Å². The normalized spacial score (nSPS) is 30.1. The molecule has 0 saturated heterocycles. The van der Waals surface area contributed by atoms with Gasteiger partial charge in [-0.05, 0) is 17.4 Å². The van der Waals surface area contributed by atoms with Crippen LogP contribution in [0.1, 0.15) is 13.8 Å². The second kappa shape index (κ2) is 3.21. The molecular weight excluding hydrogens is 216 g/mol. The summed E-state index contributed by atoms with van der Waals surface area (Å²) in [5.41, 5.74) is -0.811. The number of rotatable bonds is 2. The fourth-order valence-electron chi connectivity index (χ4n) is 1.71. The van der Waals surface area contributed by atoms with Crippen LogP contribution in [-0.2, 0) is 4.79 Å². The lowest BCUT2D eigenvalue weighted by atomic mass is 10.1. The van der Waals surface area contributed by atoms with Crippen molar-refractivity contribution in [1.29, 1.82) is 0 Å². The Kier molecular flexibility index (Phi) is 2.57. The molecule has 0 spiro atoms. The Morgan fingerprint density at radius 1 is 1.40 bits per heavy atom. The van der Waals surface area contributed by atoms with E-state index in [4.69, 9.17) is 5.11 Å². The average Bonchev–Trinajstić information content (AvgIpc) is 2.50. The predicted octanol–water partition coefficient (Wildman–Crippen LogP) is 2.76. The van der Waals surface area contributed by atoms with Crippen LogP contribution in [0.3, 0.4) is 0 Å². The van der Waals surface area contributed by atoms with Gasteiger partial charge in [-0.1, -0.05) is 13.8 Å². The molecule has 6 heteroatoms. The van der Waals surface area contributed by atoms with Crippen molar-refractivity contribution in [1.82, 2.24) is 0 Å². The maximum absolute atomic E-state index is 12.5. The van der Waals surface area contributed by atoms with Crippen molar-refractivity contribution in [3.8, 4) is 0 Å². The van der Waals surface area contributed by atoms with Gasteiger partial charge in [0.2, 0.25) is 0 Å². The smallest absolute Gasteiger partial charge is 0.442 e. The zero-order valence-corrected chi connectivity index (χ0v) is 8.10. The summed E-state index contributed by atoms with van der Waals surface area (Å²) in [6.07, 6.45) is -4.67. The number of hydrogen-bond donors (Lipinski definition) is 1. The lowest BCUT2D eigenvalue weighted by Gasteiger charge is -2.02. The molecule has 0 aromatic rings. The third-order valence-corrected chi connectivity index (χ3v) is 2.77. The van der Waals surface area contributed by atoms with Gasteiger partial charge in [0.15, 0.2) is 5.83 Å². The lowest BCUT2D eigenvalue weighted by molar-refractivity contribution is -0.139. The van der Waals surface area contributed by atoms with Crippen LogP contribution in [0, 0.1) is 17.3 Å². The first-order chi connectivity index (χ1) is 6.58. The number of carboxylic acid groups (broad SMARTS) is 1. The van der Waals surface area contributed by atoms with Gasteiger partial charge in [-0.15, -0.1) is 0 Å². The molecule has 0 heterocycles. The van der Waals surface area contributed by atoms with E-state index < -0.39 is 35.2 Å². The molecule has 1 N–H and O–H groups in total. The van der Waals surface area contributed by atoms with Crippen LogP contribution in [0.4, 0.5) is 17.6 Å². The molecule has 1 aliphatic rings. The van der Waals surface area contributed by atoms with Crippen molar-refractivity contribution in [2.24, 2.45) is 17.3 Å². The molecule has 0 bridgehead atoms. The van der Waals surface area contributed by atoms with Gasteiger partial charge in [0.1, 0.15) is 0 Å². The van der Waals surface area contributed by atoms with Crippen molar-refractivity contribution in [3.63, 3.8) is 0 Å². The molecule has 0 aromatic heterocycles. The largest absolute Gasteiger partial charge is 0.481 e. The van der Waals surface area contributed by atoms with E-state index in [1.165, 1.54) is 13.8 Å². The number of carboxylic acids is 1. The van der Waals surface area contributed by atoms with Crippen LogP contribution in [0.15, 0.2) is 11.9 Å². The highest BCUT2D eigenvalue weighted by Gasteiger charge is 2.61. The van der Waals surface area contributed by atoms with Crippen molar-refractivity contribution < 1.29 is 27.5 Å². The molecule has 86 valence electrons. The summed E-state index contributed by atoms with van der Waals surface area (Å²) < 4.78 is 48.0. The third kappa shape index (κ3) is 2.13. The minimum atomic E-state index is -5.03. The maximum atomic E-state index is 12.5. The summed E-state index contributed by atoms with van der Waals surface area (Å²) in [7, 11) is 0. The summed E-state index contributed by atoms with van der Waals surface area (Å²) in [5, 5.41) is 8.64. The summed E-state index contributed by atoms with van der Waals surface area (Å²) in [6.45, 7) is 2.99. The molecular formula is C9H10F4O2. The molecule has 15 heavy (non-hydrogen) atoms. The van der Waals surface area contributed by atoms with Crippen LogP contribution < -0.4 is 0 Å². The molecule has 0 radical (unpaired) electrons. The van der Waals surface area contributed by atoms with Crippen LogP contribution in [0.5, 0.6) is 0 Å². The Hall–Kier alpha value is -1.07. The van der Waals surface area contributed by atoms with Crippen molar-refractivity contribution in [3.05, 3.63) is 11.9 Å². The number of allylic oxidation sites excluding steroid dienone is 2. The van der Waals surface area contributed by atoms with Crippen LogP contribution in [0.25, 0.3) is 0 Å². The molecule has 0 unspecified atom stereocenters. The average molecular weight is 226 g/mol. The Morgan fingerprint density at radius 3 is 2.13 bits per heavy atom. The zero-order valence-electron chi connectivity index (χ0n) is 8.10. The quantitative estimate of drug-likeness (QED) is 0.735. The van der Waals surface area contributed by atoms with Gasteiger partial charge in [0.25, 0.3) is 0 Å². The number of aliphatic carboxylic acids is 1. The molecule has 2 atom stereocenters. The maximum Gasteiger partial charge on any atom is 0.442 e. The minimum Gasteiger partial charge on any atom is -0.481 e. The highest BCUT2D eigenvalue weighted by molar-refractivity contribution is 5.76. The van der Waals surface area contributed by atoms with Crippen LogP contribution >= 0.6 is 0 Å². The number of halogens is 4.